The Labute approximate surface area is 78.7 Å². The van der Waals surface area contributed by atoms with Crippen molar-refractivity contribution in [2.24, 2.45) is 5.84 Å². The first-order chi connectivity index (χ1) is 6.19. The Morgan fingerprint density at radius 3 is 2.69 bits per heavy atom. The Balaban J connectivity index is 3.18. The largest absolute Gasteiger partial charge is 0.478 e. The van der Waals surface area contributed by atoms with Crippen LogP contribution in [0.4, 0.5) is 5.69 Å². The Kier molecular flexibility index (Phi) is 3.13. The van der Waals surface area contributed by atoms with Crippen LogP contribution in [0.15, 0.2) is 23.1 Å². The number of rotatable bonds is 3. The van der Waals surface area contributed by atoms with Gasteiger partial charge < -0.3 is 15.1 Å². The first kappa shape index (κ1) is 9.85. The van der Waals surface area contributed by atoms with E-state index in [4.69, 9.17) is 15.5 Å². The van der Waals surface area contributed by atoms with Crippen LogP contribution in [0.5, 0.6) is 0 Å². The predicted octanol–water partition coefficient (Wildman–Crippen LogP) is 1.24. The zero-order chi connectivity index (χ0) is 9.84. The van der Waals surface area contributed by atoms with Gasteiger partial charge in [-0.15, -0.1) is 0 Å². The number of hydrogen-bond donors (Lipinski definition) is 4. The highest BCUT2D eigenvalue weighted by molar-refractivity contribution is 7.93. The van der Waals surface area contributed by atoms with Gasteiger partial charge in [0, 0.05) is 16.9 Å². The van der Waals surface area contributed by atoms with Crippen molar-refractivity contribution < 1.29 is 14.5 Å². The molecule has 13 heavy (non-hydrogen) atoms. The quantitative estimate of drug-likeness (QED) is 0.333. The van der Waals surface area contributed by atoms with Crippen LogP contribution >= 0.6 is 12.0 Å². The van der Waals surface area contributed by atoms with Crippen molar-refractivity contribution in [2.75, 3.05) is 5.43 Å². The summed E-state index contributed by atoms with van der Waals surface area (Å²) < 4.78 is 8.68. The van der Waals surface area contributed by atoms with Crippen molar-refractivity contribution in [1.29, 1.82) is 0 Å². The number of nitrogens with one attached hydrogen (secondary N) is 1. The van der Waals surface area contributed by atoms with Gasteiger partial charge in [0.05, 0.1) is 11.3 Å². The van der Waals surface area contributed by atoms with E-state index in [9.17, 15) is 4.79 Å². The molecule has 5 nitrogen and oxygen atoms in total. The van der Waals surface area contributed by atoms with Crippen LogP contribution in [0.1, 0.15) is 10.4 Å². The van der Waals surface area contributed by atoms with Crippen molar-refractivity contribution in [1.82, 2.24) is 0 Å². The number of anilines is 1. The molecule has 70 valence electrons. The van der Waals surface area contributed by atoms with Gasteiger partial charge in [-0.05, 0) is 18.2 Å². The lowest BCUT2D eigenvalue weighted by Crippen LogP contribution is -2.11. The zero-order valence-electron chi connectivity index (χ0n) is 6.52. The molecule has 0 amide bonds. The molecule has 0 bridgehead atoms. The first-order valence-electron chi connectivity index (χ1n) is 3.34. The van der Waals surface area contributed by atoms with E-state index in [1.54, 1.807) is 6.07 Å². The van der Waals surface area contributed by atoms with Gasteiger partial charge >= 0.3 is 5.97 Å². The second-order valence-electron chi connectivity index (χ2n) is 2.25. The Morgan fingerprint density at radius 2 is 2.23 bits per heavy atom. The number of carboxylic acid groups (broad SMARTS) is 1. The molecule has 0 spiro atoms. The molecule has 0 heterocycles. The molecule has 0 aliphatic carbocycles. The maximum absolute atomic E-state index is 10.7. The van der Waals surface area contributed by atoms with Crippen molar-refractivity contribution in [3.05, 3.63) is 23.8 Å². The molecule has 0 atom stereocenters. The van der Waals surface area contributed by atoms with Crippen molar-refractivity contribution in [3.8, 4) is 0 Å². The molecule has 0 unspecified atom stereocenters. The predicted molar refractivity (Wildman–Crippen MR) is 49.7 cm³/mol. The number of nitrogens with two attached hydrogens (primary N) is 1. The molecule has 1 aromatic carbocycles. The molecule has 0 radical (unpaired) electrons. The van der Waals surface area contributed by atoms with E-state index < -0.39 is 5.97 Å². The van der Waals surface area contributed by atoms with E-state index in [-0.39, 0.29) is 5.56 Å². The smallest absolute Gasteiger partial charge is 0.337 e. The van der Waals surface area contributed by atoms with E-state index in [2.05, 4.69) is 5.43 Å². The second kappa shape index (κ2) is 4.13. The summed E-state index contributed by atoms with van der Waals surface area (Å²) in [6, 6.07) is 4.39. The number of benzene rings is 1. The summed E-state index contributed by atoms with van der Waals surface area (Å²) in [5, 5.41) is 8.73. The van der Waals surface area contributed by atoms with E-state index >= 15 is 0 Å². The molecule has 1 aromatic rings. The maximum Gasteiger partial charge on any atom is 0.337 e. The third kappa shape index (κ3) is 2.11. The van der Waals surface area contributed by atoms with Gasteiger partial charge in [0.1, 0.15) is 0 Å². The van der Waals surface area contributed by atoms with Gasteiger partial charge in [0.15, 0.2) is 0 Å². The third-order valence-corrected chi connectivity index (χ3v) is 1.95. The minimum absolute atomic E-state index is 0.0292. The zero-order valence-corrected chi connectivity index (χ0v) is 7.34. The van der Waals surface area contributed by atoms with E-state index in [0.717, 1.165) is 0 Å². The summed E-state index contributed by atoms with van der Waals surface area (Å²) in [7, 11) is 0. The number of nitrogen functional groups attached to an aromatic ring is 1. The summed E-state index contributed by atoms with van der Waals surface area (Å²) in [4.78, 5) is 11.1. The van der Waals surface area contributed by atoms with Crippen LogP contribution in [-0.2, 0) is 0 Å². The van der Waals surface area contributed by atoms with Gasteiger partial charge in [-0.25, -0.2) is 4.79 Å². The van der Waals surface area contributed by atoms with Crippen LogP contribution in [-0.4, -0.2) is 15.6 Å². The minimum atomic E-state index is -1.09. The SMILES string of the molecule is NNc1ccc(SO)cc1C(=O)O. The van der Waals surface area contributed by atoms with E-state index in [1.807, 2.05) is 0 Å². The number of hydrazine groups is 1. The molecule has 6 heteroatoms. The molecule has 5 N–H and O–H groups in total. The summed E-state index contributed by atoms with van der Waals surface area (Å²) in [6.45, 7) is 0. The highest BCUT2D eigenvalue weighted by Gasteiger charge is 2.09. The highest BCUT2D eigenvalue weighted by atomic mass is 32.2. The lowest BCUT2D eigenvalue weighted by Gasteiger charge is -2.05. The minimum Gasteiger partial charge on any atom is -0.478 e. The second-order valence-corrected chi connectivity index (χ2v) is 2.90. The normalized spacial score (nSPS) is 9.69. The molecular formula is C7H8N2O3S. The Hall–Kier alpha value is -1.24. The number of hydrogen-bond acceptors (Lipinski definition) is 5. The van der Waals surface area contributed by atoms with Gasteiger partial charge in [0.25, 0.3) is 0 Å². The van der Waals surface area contributed by atoms with Crippen LogP contribution < -0.4 is 11.3 Å². The first-order valence-corrected chi connectivity index (χ1v) is 4.11. The molecular weight excluding hydrogens is 192 g/mol. The Bertz CT molecular complexity index is 330. The number of aromatic carboxylic acids is 1. The molecule has 0 aromatic heterocycles. The molecule has 0 aliphatic rings. The summed E-state index contributed by atoms with van der Waals surface area (Å²) in [6.07, 6.45) is 0. The van der Waals surface area contributed by atoms with E-state index in [1.165, 1.54) is 12.1 Å². The van der Waals surface area contributed by atoms with E-state index in [0.29, 0.717) is 22.6 Å². The van der Waals surface area contributed by atoms with Gasteiger partial charge in [-0.2, -0.15) is 0 Å². The average Bonchev–Trinajstić information content (AvgIpc) is 2.16. The third-order valence-electron chi connectivity index (χ3n) is 1.48. The molecule has 0 saturated carbocycles. The number of carbonyl (C=O) groups is 1. The molecule has 0 fully saturated rings. The standard InChI is InChI=1S/C7H8N2O3S/c8-9-6-2-1-4(13-12)3-5(6)7(10)11/h1-3,9,12H,8H2,(H,10,11). The lowest BCUT2D eigenvalue weighted by molar-refractivity contribution is 0.0697. The fourth-order valence-electron chi connectivity index (χ4n) is 0.883. The van der Waals surface area contributed by atoms with Crippen molar-refractivity contribution in [3.63, 3.8) is 0 Å². The summed E-state index contributed by atoms with van der Waals surface area (Å²) >= 11 is 0.488. The van der Waals surface area contributed by atoms with Gasteiger partial charge in [-0.1, -0.05) is 0 Å². The van der Waals surface area contributed by atoms with Crippen molar-refractivity contribution >= 4 is 23.7 Å². The summed E-state index contributed by atoms with van der Waals surface area (Å²) in [5.74, 6) is 4.00. The monoisotopic (exact) mass is 200 g/mol. The van der Waals surface area contributed by atoms with Crippen LogP contribution in [0.2, 0.25) is 0 Å². The fourth-order valence-corrected chi connectivity index (χ4v) is 1.18. The molecule has 0 aliphatic heterocycles. The maximum atomic E-state index is 10.7. The van der Waals surface area contributed by atoms with Crippen LogP contribution in [0, 0.1) is 0 Å². The molecule has 1 rings (SSSR count). The fraction of sp³-hybridized carbons (Fsp3) is 0. The number of carboxylic acids is 1. The molecule has 0 saturated heterocycles. The lowest BCUT2D eigenvalue weighted by atomic mass is 10.2. The van der Waals surface area contributed by atoms with Gasteiger partial charge in [-0.3, -0.25) is 5.84 Å². The highest BCUT2D eigenvalue weighted by Crippen LogP contribution is 2.21. The van der Waals surface area contributed by atoms with Crippen LogP contribution in [0.25, 0.3) is 0 Å². The van der Waals surface area contributed by atoms with Crippen molar-refractivity contribution in [2.45, 2.75) is 4.90 Å². The Morgan fingerprint density at radius 1 is 1.54 bits per heavy atom. The van der Waals surface area contributed by atoms with Crippen LogP contribution in [0.3, 0.4) is 0 Å². The summed E-state index contributed by atoms with van der Waals surface area (Å²) in [5.41, 5.74) is 2.60. The topological polar surface area (TPSA) is 95.6 Å². The van der Waals surface area contributed by atoms with Gasteiger partial charge in [0.2, 0.25) is 0 Å². The average molecular weight is 200 g/mol.